The van der Waals surface area contributed by atoms with Gasteiger partial charge in [-0.25, -0.2) is 4.79 Å². The van der Waals surface area contributed by atoms with Gasteiger partial charge in [0.05, 0.1) is 11.5 Å². The SMILES string of the molecule is CC(C)CCC[C@@H](C)[C@H]1CCC2C3C(CC[C@@]21C)[C@@]1(C)CCC(OC(=O)c2ccccc2)CC1=C[C@@H]3C(=O)OC(C)(C)C. The molecule has 3 fully saturated rings. The number of carbonyl (C=O) groups is 2. The summed E-state index contributed by atoms with van der Waals surface area (Å²) in [6, 6.07) is 9.30. The quantitative estimate of drug-likeness (QED) is 0.223. The summed E-state index contributed by atoms with van der Waals surface area (Å²) < 4.78 is 12.2. The predicted octanol–water partition coefficient (Wildman–Crippen LogP) is 9.82. The van der Waals surface area contributed by atoms with E-state index in [0.29, 0.717) is 23.3 Å². The van der Waals surface area contributed by atoms with E-state index < -0.39 is 5.60 Å². The van der Waals surface area contributed by atoms with E-state index in [1.54, 1.807) is 0 Å². The first-order chi connectivity index (χ1) is 20.2. The summed E-state index contributed by atoms with van der Waals surface area (Å²) in [4.78, 5) is 27.0. The predicted molar refractivity (Wildman–Crippen MR) is 173 cm³/mol. The van der Waals surface area contributed by atoms with Crippen molar-refractivity contribution in [2.45, 2.75) is 131 Å². The molecule has 1 aromatic rings. The normalized spacial score (nSPS) is 36.2. The zero-order chi connectivity index (χ0) is 31.2. The van der Waals surface area contributed by atoms with Crippen molar-refractivity contribution in [3.63, 3.8) is 0 Å². The van der Waals surface area contributed by atoms with Gasteiger partial charge in [0.25, 0.3) is 0 Å². The van der Waals surface area contributed by atoms with Crippen molar-refractivity contribution in [2.75, 3.05) is 0 Å². The fraction of sp³-hybridized carbons (Fsp3) is 0.744. The Hall–Kier alpha value is -2.10. The lowest BCUT2D eigenvalue weighted by molar-refractivity contribution is -0.167. The second-order valence-electron chi connectivity index (χ2n) is 16.6. The molecule has 0 N–H and O–H groups in total. The number of carbonyl (C=O) groups excluding carboxylic acids is 2. The molecule has 4 heteroatoms. The minimum absolute atomic E-state index is 0.0428. The number of ether oxygens (including phenoxy) is 2. The molecule has 3 saturated carbocycles. The Balaban J connectivity index is 1.42. The lowest BCUT2D eigenvalue weighted by Gasteiger charge is -2.60. The van der Waals surface area contributed by atoms with Gasteiger partial charge in [-0.1, -0.05) is 83.7 Å². The fourth-order valence-corrected chi connectivity index (χ4v) is 10.2. The number of hydrogen-bond acceptors (Lipinski definition) is 4. The molecule has 0 aromatic heterocycles. The molecule has 4 unspecified atom stereocenters. The van der Waals surface area contributed by atoms with E-state index >= 15 is 0 Å². The van der Waals surface area contributed by atoms with E-state index in [9.17, 15) is 9.59 Å². The highest BCUT2D eigenvalue weighted by molar-refractivity contribution is 5.89. The lowest BCUT2D eigenvalue weighted by Crippen LogP contribution is -2.55. The van der Waals surface area contributed by atoms with E-state index in [4.69, 9.17) is 9.47 Å². The summed E-state index contributed by atoms with van der Waals surface area (Å²) in [6.45, 7) is 18.2. The Kier molecular flexibility index (Phi) is 9.28. The van der Waals surface area contributed by atoms with Gasteiger partial charge < -0.3 is 9.47 Å². The highest BCUT2D eigenvalue weighted by Gasteiger charge is 2.62. The molecule has 238 valence electrons. The van der Waals surface area contributed by atoms with Crippen molar-refractivity contribution in [1.82, 2.24) is 0 Å². The molecule has 5 rings (SSSR count). The minimum Gasteiger partial charge on any atom is -0.460 e. The molecule has 43 heavy (non-hydrogen) atoms. The zero-order valence-electron chi connectivity index (χ0n) is 28.3. The monoisotopic (exact) mass is 590 g/mol. The molecule has 4 aliphatic rings. The van der Waals surface area contributed by atoms with Gasteiger partial charge in [0.1, 0.15) is 11.7 Å². The van der Waals surface area contributed by atoms with E-state index in [0.717, 1.165) is 37.0 Å². The number of fused-ring (bicyclic) bond motifs is 5. The maximum absolute atomic E-state index is 14.1. The van der Waals surface area contributed by atoms with E-state index in [1.165, 1.54) is 50.5 Å². The molecule has 1 aromatic carbocycles. The summed E-state index contributed by atoms with van der Waals surface area (Å²) in [5.41, 5.74) is 1.72. The van der Waals surface area contributed by atoms with Crippen LogP contribution in [0.5, 0.6) is 0 Å². The topological polar surface area (TPSA) is 52.6 Å². The summed E-state index contributed by atoms with van der Waals surface area (Å²) in [5.74, 6) is 3.02. The average Bonchev–Trinajstić information content (AvgIpc) is 3.29. The standard InChI is InChI=1S/C39H58O4/c1-25(2)13-12-14-26(3)31-17-18-32-34-30(36(41)43-37(4,5)6)24-28-23-29(42-35(40)27-15-10-9-11-16-27)19-21-38(28,7)33(34)20-22-39(31,32)8/h9-11,15-16,24-26,29-34H,12-14,17-23H2,1-8H3/t26-,29?,30+,31-,32?,33?,34?,38+,39-/m1/s1. The van der Waals surface area contributed by atoms with Crippen molar-refractivity contribution in [3.8, 4) is 0 Å². The number of esters is 2. The van der Waals surface area contributed by atoms with Gasteiger partial charge in [-0.05, 0) is 118 Å². The molecule has 0 heterocycles. The van der Waals surface area contributed by atoms with Crippen LogP contribution < -0.4 is 0 Å². The van der Waals surface area contributed by atoms with Crippen molar-refractivity contribution < 1.29 is 19.1 Å². The van der Waals surface area contributed by atoms with Crippen LogP contribution in [0.1, 0.15) is 130 Å². The van der Waals surface area contributed by atoms with Crippen LogP contribution in [0.3, 0.4) is 0 Å². The Morgan fingerprint density at radius 2 is 1.65 bits per heavy atom. The molecule has 9 atom stereocenters. The van der Waals surface area contributed by atoms with Crippen LogP contribution in [0.2, 0.25) is 0 Å². The van der Waals surface area contributed by atoms with Gasteiger partial charge in [-0.15, -0.1) is 0 Å². The van der Waals surface area contributed by atoms with Crippen molar-refractivity contribution in [1.29, 1.82) is 0 Å². The number of rotatable bonds is 8. The number of hydrogen-bond donors (Lipinski definition) is 0. The first-order valence-corrected chi connectivity index (χ1v) is 17.4. The van der Waals surface area contributed by atoms with Gasteiger partial charge in [0.2, 0.25) is 0 Å². The third-order valence-corrected chi connectivity index (χ3v) is 12.3. The van der Waals surface area contributed by atoms with Crippen LogP contribution in [0, 0.1) is 52.3 Å². The second kappa shape index (κ2) is 12.4. The highest BCUT2D eigenvalue weighted by Crippen LogP contribution is 2.68. The molecule has 0 aliphatic heterocycles. The van der Waals surface area contributed by atoms with Gasteiger partial charge in [0.15, 0.2) is 0 Å². The van der Waals surface area contributed by atoms with Crippen molar-refractivity contribution >= 4 is 11.9 Å². The highest BCUT2D eigenvalue weighted by atomic mass is 16.6. The van der Waals surface area contributed by atoms with Crippen LogP contribution in [0.15, 0.2) is 42.0 Å². The fourth-order valence-electron chi connectivity index (χ4n) is 10.2. The van der Waals surface area contributed by atoms with Crippen molar-refractivity contribution in [3.05, 3.63) is 47.5 Å². The zero-order valence-corrected chi connectivity index (χ0v) is 28.3. The largest absolute Gasteiger partial charge is 0.460 e. The van der Waals surface area contributed by atoms with Crippen molar-refractivity contribution in [2.24, 2.45) is 52.3 Å². The van der Waals surface area contributed by atoms with Crippen LogP contribution in [-0.4, -0.2) is 23.6 Å². The van der Waals surface area contributed by atoms with Crippen LogP contribution in [0.4, 0.5) is 0 Å². The molecule has 0 saturated heterocycles. The molecule has 4 nitrogen and oxygen atoms in total. The third kappa shape index (κ3) is 6.50. The second-order valence-corrected chi connectivity index (χ2v) is 16.6. The minimum atomic E-state index is -0.521. The summed E-state index contributed by atoms with van der Waals surface area (Å²) >= 11 is 0. The molecule has 4 aliphatic carbocycles. The van der Waals surface area contributed by atoms with Gasteiger partial charge >= 0.3 is 11.9 Å². The maximum atomic E-state index is 14.1. The molecule has 0 bridgehead atoms. The smallest absolute Gasteiger partial charge is 0.338 e. The summed E-state index contributed by atoms with van der Waals surface area (Å²) in [6.07, 6.45) is 13.7. The Bertz CT molecular complexity index is 1180. The third-order valence-electron chi connectivity index (χ3n) is 12.3. The average molecular weight is 591 g/mol. The first-order valence-electron chi connectivity index (χ1n) is 17.4. The molecule has 0 spiro atoms. The molecular formula is C39H58O4. The van der Waals surface area contributed by atoms with Crippen LogP contribution >= 0.6 is 0 Å². The number of benzene rings is 1. The molecule has 0 amide bonds. The van der Waals surface area contributed by atoms with Crippen LogP contribution in [-0.2, 0) is 14.3 Å². The Morgan fingerprint density at radius 3 is 2.33 bits per heavy atom. The van der Waals surface area contributed by atoms with Gasteiger partial charge in [-0.3, -0.25) is 4.79 Å². The summed E-state index contributed by atoms with van der Waals surface area (Å²) in [7, 11) is 0. The van der Waals surface area contributed by atoms with Gasteiger partial charge in [-0.2, -0.15) is 0 Å². The van der Waals surface area contributed by atoms with E-state index in [-0.39, 0.29) is 34.8 Å². The van der Waals surface area contributed by atoms with E-state index in [1.807, 2.05) is 51.1 Å². The van der Waals surface area contributed by atoms with Gasteiger partial charge in [0, 0.05) is 6.42 Å². The lowest BCUT2D eigenvalue weighted by atomic mass is 9.45. The Morgan fingerprint density at radius 1 is 0.930 bits per heavy atom. The maximum Gasteiger partial charge on any atom is 0.338 e. The summed E-state index contributed by atoms with van der Waals surface area (Å²) in [5, 5.41) is 0. The van der Waals surface area contributed by atoms with E-state index in [2.05, 4.69) is 40.7 Å². The van der Waals surface area contributed by atoms with Crippen LogP contribution in [0.25, 0.3) is 0 Å². The Labute approximate surface area is 261 Å². The molecular weight excluding hydrogens is 532 g/mol. The first kappa shape index (κ1) is 32.3. The molecule has 0 radical (unpaired) electrons.